The van der Waals surface area contributed by atoms with Crippen LogP contribution in [-0.2, 0) is 4.79 Å². The van der Waals surface area contributed by atoms with Crippen molar-refractivity contribution in [1.82, 2.24) is 4.90 Å². The lowest BCUT2D eigenvalue weighted by Gasteiger charge is -2.19. The van der Waals surface area contributed by atoms with E-state index in [0.29, 0.717) is 19.0 Å². The van der Waals surface area contributed by atoms with Crippen LogP contribution in [0.25, 0.3) is 0 Å². The Morgan fingerprint density at radius 1 is 1.07 bits per heavy atom. The van der Waals surface area contributed by atoms with E-state index in [1.54, 1.807) is 9.80 Å². The van der Waals surface area contributed by atoms with Crippen LogP contribution in [0.3, 0.4) is 0 Å². The third-order valence-electron chi connectivity index (χ3n) is 4.97. The number of hydrogen-bond acceptors (Lipinski definition) is 2. The van der Waals surface area contributed by atoms with E-state index in [4.69, 9.17) is 0 Å². The first-order valence-corrected chi connectivity index (χ1v) is 9.38. The smallest absolute Gasteiger partial charge is 0.324 e. The van der Waals surface area contributed by atoms with Crippen molar-refractivity contribution < 1.29 is 9.59 Å². The quantitative estimate of drug-likeness (QED) is 0.858. The fourth-order valence-electron chi connectivity index (χ4n) is 3.24. The average molecular weight is 365 g/mol. The first kappa shape index (κ1) is 19.0. The summed E-state index contributed by atoms with van der Waals surface area (Å²) < 4.78 is 0. The van der Waals surface area contributed by atoms with Gasteiger partial charge >= 0.3 is 6.03 Å². The van der Waals surface area contributed by atoms with Gasteiger partial charge in [0.2, 0.25) is 5.91 Å². The van der Waals surface area contributed by atoms with Gasteiger partial charge < -0.3 is 10.2 Å². The maximum Gasteiger partial charge on any atom is 0.325 e. The van der Waals surface area contributed by atoms with E-state index in [-0.39, 0.29) is 18.5 Å². The molecular formula is C22H27N3O2. The third-order valence-corrected chi connectivity index (χ3v) is 4.97. The molecule has 3 amide bonds. The molecule has 0 aliphatic carbocycles. The Hall–Kier alpha value is -2.82. The van der Waals surface area contributed by atoms with Gasteiger partial charge in [-0.25, -0.2) is 4.79 Å². The molecule has 1 saturated heterocycles. The first-order valence-electron chi connectivity index (χ1n) is 9.38. The van der Waals surface area contributed by atoms with Crippen molar-refractivity contribution in [2.45, 2.75) is 33.6 Å². The standard InChI is InChI=1S/C22H27N3O2/c1-15(2)18-7-9-19(10-8-18)25-12-11-24(22(25)27)14-21(26)23-20-13-16(3)5-6-17(20)4/h5-10,13,15H,11-12,14H2,1-4H3,(H,23,26). The van der Waals surface area contributed by atoms with Crippen LogP contribution in [0.4, 0.5) is 16.2 Å². The van der Waals surface area contributed by atoms with Crippen molar-refractivity contribution >= 4 is 23.3 Å². The molecule has 0 saturated carbocycles. The van der Waals surface area contributed by atoms with Crippen molar-refractivity contribution in [1.29, 1.82) is 0 Å². The summed E-state index contributed by atoms with van der Waals surface area (Å²) in [5.74, 6) is 0.285. The molecule has 0 spiro atoms. The first-order chi connectivity index (χ1) is 12.8. The fraction of sp³-hybridized carbons (Fsp3) is 0.364. The van der Waals surface area contributed by atoms with E-state index >= 15 is 0 Å². The van der Waals surface area contributed by atoms with E-state index in [0.717, 1.165) is 22.5 Å². The van der Waals surface area contributed by atoms with E-state index in [9.17, 15) is 9.59 Å². The number of hydrogen-bond donors (Lipinski definition) is 1. The average Bonchev–Trinajstić information content (AvgIpc) is 2.98. The lowest BCUT2D eigenvalue weighted by Crippen LogP contribution is -2.37. The number of nitrogens with zero attached hydrogens (tertiary/aromatic N) is 2. The summed E-state index contributed by atoms with van der Waals surface area (Å²) in [5.41, 5.74) is 5.02. The van der Waals surface area contributed by atoms with Gasteiger partial charge in [0.05, 0.1) is 0 Å². The van der Waals surface area contributed by atoms with Gasteiger partial charge in [0.15, 0.2) is 0 Å². The molecule has 2 aromatic rings. The molecule has 142 valence electrons. The Bertz CT molecular complexity index is 843. The monoisotopic (exact) mass is 365 g/mol. The van der Waals surface area contributed by atoms with E-state index < -0.39 is 0 Å². The number of carbonyl (C=O) groups excluding carboxylic acids is 2. The van der Waals surface area contributed by atoms with Crippen LogP contribution in [-0.4, -0.2) is 36.5 Å². The minimum absolute atomic E-state index is 0.0623. The fourth-order valence-corrected chi connectivity index (χ4v) is 3.24. The molecule has 0 unspecified atom stereocenters. The molecule has 1 fully saturated rings. The van der Waals surface area contributed by atoms with Crippen LogP contribution < -0.4 is 10.2 Å². The highest BCUT2D eigenvalue weighted by Crippen LogP contribution is 2.23. The molecule has 5 nitrogen and oxygen atoms in total. The van der Waals surface area contributed by atoms with Gasteiger partial charge in [0.25, 0.3) is 0 Å². The van der Waals surface area contributed by atoms with Crippen LogP contribution in [0.15, 0.2) is 42.5 Å². The Balaban J connectivity index is 1.63. The van der Waals surface area contributed by atoms with Gasteiger partial charge in [0, 0.05) is 24.5 Å². The Kier molecular flexibility index (Phi) is 5.49. The van der Waals surface area contributed by atoms with Gasteiger partial charge in [-0.3, -0.25) is 9.69 Å². The summed E-state index contributed by atoms with van der Waals surface area (Å²) >= 11 is 0. The third kappa shape index (κ3) is 4.30. The van der Waals surface area contributed by atoms with Gasteiger partial charge in [-0.05, 0) is 54.7 Å². The molecule has 27 heavy (non-hydrogen) atoms. The highest BCUT2D eigenvalue weighted by atomic mass is 16.2. The zero-order valence-electron chi connectivity index (χ0n) is 16.5. The predicted molar refractivity (Wildman–Crippen MR) is 109 cm³/mol. The van der Waals surface area contributed by atoms with Crippen LogP contribution >= 0.6 is 0 Å². The molecule has 0 aromatic heterocycles. The normalized spacial score (nSPS) is 14.2. The number of amides is 3. The van der Waals surface area contributed by atoms with E-state index in [2.05, 4.69) is 31.3 Å². The molecule has 1 aliphatic heterocycles. The number of rotatable bonds is 5. The molecule has 1 heterocycles. The molecule has 0 radical (unpaired) electrons. The highest BCUT2D eigenvalue weighted by molar-refractivity contribution is 5.99. The summed E-state index contributed by atoms with van der Waals surface area (Å²) in [6, 6.07) is 13.9. The molecule has 0 atom stereocenters. The topological polar surface area (TPSA) is 52.7 Å². The van der Waals surface area contributed by atoms with Crippen LogP contribution in [0.5, 0.6) is 0 Å². The molecule has 0 bridgehead atoms. The summed E-state index contributed by atoms with van der Waals surface area (Å²) in [5, 5.41) is 2.92. The van der Waals surface area contributed by atoms with Crippen LogP contribution in [0.1, 0.15) is 36.5 Å². The summed E-state index contributed by atoms with van der Waals surface area (Å²) in [7, 11) is 0. The minimum atomic E-state index is -0.172. The second kappa shape index (κ2) is 7.82. The van der Waals surface area contributed by atoms with Gasteiger partial charge in [-0.15, -0.1) is 0 Å². The summed E-state index contributed by atoms with van der Waals surface area (Å²) in [6.45, 7) is 9.44. The Labute approximate surface area is 161 Å². The van der Waals surface area contributed by atoms with Crippen LogP contribution in [0.2, 0.25) is 0 Å². The highest BCUT2D eigenvalue weighted by Gasteiger charge is 2.30. The lowest BCUT2D eigenvalue weighted by molar-refractivity contribution is -0.116. The maximum atomic E-state index is 12.7. The van der Waals surface area contributed by atoms with Gasteiger partial charge in [0.1, 0.15) is 6.54 Å². The number of nitrogens with one attached hydrogen (secondary N) is 1. The van der Waals surface area contributed by atoms with Gasteiger partial charge in [-0.2, -0.15) is 0 Å². The Morgan fingerprint density at radius 3 is 2.44 bits per heavy atom. The van der Waals surface area contributed by atoms with Crippen molar-refractivity contribution in [3.05, 3.63) is 59.2 Å². The van der Waals surface area contributed by atoms with Crippen LogP contribution in [0, 0.1) is 13.8 Å². The van der Waals surface area contributed by atoms with Gasteiger partial charge in [-0.1, -0.05) is 38.1 Å². The molecular weight excluding hydrogens is 338 g/mol. The SMILES string of the molecule is Cc1ccc(C)c(NC(=O)CN2CCN(c3ccc(C(C)C)cc3)C2=O)c1. The maximum absolute atomic E-state index is 12.7. The van der Waals surface area contributed by atoms with Crippen molar-refractivity contribution in [3.8, 4) is 0 Å². The number of benzene rings is 2. The molecule has 3 rings (SSSR count). The predicted octanol–water partition coefficient (Wildman–Crippen LogP) is 4.31. The number of aryl methyl sites for hydroxylation is 2. The zero-order valence-corrected chi connectivity index (χ0v) is 16.5. The van der Waals surface area contributed by atoms with Crippen molar-refractivity contribution in [2.75, 3.05) is 29.9 Å². The van der Waals surface area contributed by atoms with Crippen molar-refractivity contribution in [3.63, 3.8) is 0 Å². The molecule has 2 aromatic carbocycles. The van der Waals surface area contributed by atoms with Crippen molar-refractivity contribution in [2.24, 2.45) is 0 Å². The second-order valence-corrected chi connectivity index (χ2v) is 7.47. The molecule has 1 aliphatic rings. The van der Waals surface area contributed by atoms with E-state index in [1.165, 1.54) is 5.56 Å². The lowest BCUT2D eigenvalue weighted by atomic mass is 10.0. The number of anilines is 2. The molecule has 5 heteroatoms. The zero-order chi connectivity index (χ0) is 19.6. The Morgan fingerprint density at radius 2 is 1.78 bits per heavy atom. The second-order valence-electron chi connectivity index (χ2n) is 7.47. The largest absolute Gasteiger partial charge is 0.325 e. The number of carbonyl (C=O) groups is 2. The summed E-state index contributed by atoms with van der Waals surface area (Å²) in [6.07, 6.45) is 0. The van der Waals surface area contributed by atoms with E-state index in [1.807, 2.05) is 44.2 Å². The minimum Gasteiger partial charge on any atom is -0.324 e. The molecule has 1 N–H and O–H groups in total. The number of urea groups is 1. The summed E-state index contributed by atoms with van der Waals surface area (Å²) in [4.78, 5) is 28.4.